The van der Waals surface area contributed by atoms with Gasteiger partial charge in [0.25, 0.3) is 0 Å². The summed E-state index contributed by atoms with van der Waals surface area (Å²) in [7, 11) is 3.35. The van der Waals surface area contributed by atoms with Gasteiger partial charge < -0.3 is 15.0 Å². The van der Waals surface area contributed by atoms with E-state index in [9.17, 15) is 4.79 Å². The van der Waals surface area contributed by atoms with Crippen LogP contribution in [0.5, 0.6) is 5.75 Å². The first kappa shape index (κ1) is 14.7. The third-order valence-electron chi connectivity index (χ3n) is 3.18. The van der Waals surface area contributed by atoms with Crippen molar-refractivity contribution < 1.29 is 9.53 Å². The number of nitrogens with one attached hydrogen (secondary N) is 1. The zero-order valence-corrected chi connectivity index (χ0v) is 12.7. The van der Waals surface area contributed by atoms with E-state index in [0.717, 1.165) is 0 Å². The number of aromatic nitrogens is 5. The Balaban J connectivity index is 1.66. The van der Waals surface area contributed by atoms with Crippen LogP contribution in [0, 0.1) is 0 Å². The highest BCUT2D eigenvalue weighted by atomic mass is 16.5. The number of fused-ring (bicyclic) bond motifs is 1. The van der Waals surface area contributed by atoms with E-state index in [1.165, 1.54) is 4.63 Å². The van der Waals surface area contributed by atoms with Crippen molar-refractivity contribution in [2.24, 2.45) is 0 Å². The van der Waals surface area contributed by atoms with Crippen LogP contribution in [-0.2, 0) is 4.79 Å². The van der Waals surface area contributed by atoms with Gasteiger partial charge in [0.15, 0.2) is 11.5 Å². The molecule has 0 fully saturated rings. The number of rotatable bonds is 5. The summed E-state index contributed by atoms with van der Waals surface area (Å²) in [6.45, 7) is 0.137. The van der Waals surface area contributed by atoms with Crippen molar-refractivity contribution in [3.8, 4) is 5.75 Å². The van der Waals surface area contributed by atoms with E-state index in [1.54, 1.807) is 43.3 Å². The summed E-state index contributed by atoms with van der Waals surface area (Å²) in [4.78, 5) is 13.8. The molecule has 0 spiro atoms. The number of methoxy groups -OCH3 is 1. The molecule has 2 aromatic heterocycles. The van der Waals surface area contributed by atoms with Gasteiger partial charge in [-0.1, -0.05) is 6.07 Å². The Kier molecular flexibility index (Phi) is 4.00. The Labute approximate surface area is 131 Å². The first-order chi connectivity index (χ1) is 11.2. The maximum absolute atomic E-state index is 12.1. The largest absolute Gasteiger partial charge is 0.497 e. The van der Waals surface area contributed by atoms with Crippen LogP contribution in [0.4, 0.5) is 11.5 Å². The molecule has 23 heavy (non-hydrogen) atoms. The van der Waals surface area contributed by atoms with Crippen LogP contribution in [0.3, 0.4) is 0 Å². The quantitative estimate of drug-likeness (QED) is 0.736. The number of hydrogen-bond donors (Lipinski definition) is 1. The van der Waals surface area contributed by atoms with Crippen LogP contribution in [0.1, 0.15) is 0 Å². The molecule has 0 unspecified atom stereocenters. The molecule has 0 saturated carbocycles. The van der Waals surface area contributed by atoms with Crippen molar-refractivity contribution in [3.05, 3.63) is 36.4 Å². The number of benzene rings is 1. The Hall–Kier alpha value is -3.23. The molecule has 1 N–H and O–H groups in total. The molecule has 0 radical (unpaired) electrons. The second-order valence-corrected chi connectivity index (χ2v) is 4.85. The number of tetrazole rings is 1. The number of carbonyl (C=O) groups is 1. The maximum atomic E-state index is 12.1. The van der Waals surface area contributed by atoms with E-state index in [-0.39, 0.29) is 12.5 Å². The van der Waals surface area contributed by atoms with Crippen LogP contribution in [0.25, 0.3) is 5.65 Å². The fraction of sp³-hybridized carbons (Fsp3) is 0.214. The third-order valence-corrected chi connectivity index (χ3v) is 3.18. The smallest absolute Gasteiger partial charge is 0.243 e. The second-order valence-electron chi connectivity index (χ2n) is 4.85. The summed E-state index contributed by atoms with van der Waals surface area (Å²) in [5.74, 6) is 1.10. The van der Waals surface area contributed by atoms with Crippen LogP contribution in [0.15, 0.2) is 36.4 Å². The highest BCUT2D eigenvalue weighted by Crippen LogP contribution is 2.16. The zero-order chi connectivity index (χ0) is 16.2. The van der Waals surface area contributed by atoms with Gasteiger partial charge in [-0.3, -0.25) is 4.79 Å². The molecule has 0 bridgehead atoms. The lowest BCUT2D eigenvalue weighted by Crippen LogP contribution is -2.31. The van der Waals surface area contributed by atoms with E-state index in [2.05, 4.69) is 25.9 Å². The van der Waals surface area contributed by atoms with Crippen molar-refractivity contribution in [2.75, 3.05) is 30.9 Å². The zero-order valence-electron chi connectivity index (χ0n) is 12.7. The fourth-order valence-electron chi connectivity index (χ4n) is 2.04. The van der Waals surface area contributed by atoms with Gasteiger partial charge in [0, 0.05) is 18.8 Å². The SMILES string of the molecule is COc1cccc(NC(=O)CN(C)c2ccc3nnnn3n2)c1. The molecule has 0 aliphatic rings. The summed E-state index contributed by atoms with van der Waals surface area (Å²) in [6.07, 6.45) is 0. The van der Waals surface area contributed by atoms with Crippen LogP contribution >= 0.6 is 0 Å². The number of carbonyl (C=O) groups excluding carboxylic acids is 1. The van der Waals surface area contributed by atoms with Gasteiger partial charge in [0.2, 0.25) is 5.91 Å². The standard InChI is InChI=1S/C14H15N7O2/c1-20(13-7-6-12-16-18-19-21(12)17-13)9-14(22)15-10-4-3-5-11(8-10)23-2/h3-8H,9H2,1-2H3,(H,15,22). The molecule has 3 aromatic rings. The molecule has 118 valence electrons. The summed E-state index contributed by atoms with van der Waals surface area (Å²) in [5, 5.41) is 18.1. The number of anilines is 2. The van der Waals surface area contributed by atoms with Crippen LogP contribution < -0.4 is 15.0 Å². The van der Waals surface area contributed by atoms with Crippen LogP contribution in [0.2, 0.25) is 0 Å². The normalized spacial score (nSPS) is 10.5. The van der Waals surface area contributed by atoms with Crippen molar-refractivity contribution >= 4 is 23.1 Å². The van der Waals surface area contributed by atoms with Gasteiger partial charge in [-0.05, 0) is 34.7 Å². The first-order valence-electron chi connectivity index (χ1n) is 6.86. The minimum absolute atomic E-state index is 0.137. The number of ether oxygens (including phenoxy) is 1. The Bertz CT molecular complexity index is 833. The molecule has 1 amide bonds. The highest BCUT2D eigenvalue weighted by Gasteiger charge is 2.11. The minimum Gasteiger partial charge on any atom is -0.497 e. The summed E-state index contributed by atoms with van der Waals surface area (Å²) in [5.41, 5.74) is 1.22. The van der Waals surface area contributed by atoms with E-state index < -0.39 is 0 Å². The molecule has 9 nitrogen and oxygen atoms in total. The first-order valence-corrected chi connectivity index (χ1v) is 6.86. The van der Waals surface area contributed by atoms with Gasteiger partial charge >= 0.3 is 0 Å². The van der Waals surface area contributed by atoms with Gasteiger partial charge in [-0.2, -0.15) is 0 Å². The van der Waals surface area contributed by atoms with E-state index >= 15 is 0 Å². The molecule has 0 saturated heterocycles. The molecule has 0 aliphatic heterocycles. The molecule has 3 rings (SSSR count). The number of amides is 1. The van der Waals surface area contributed by atoms with E-state index in [0.29, 0.717) is 22.9 Å². The van der Waals surface area contributed by atoms with E-state index in [1.807, 2.05) is 12.1 Å². The molecule has 0 aliphatic carbocycles. The predicted molar refractivity (Wildman–Crippen MR) is 83.5 cm³/mol. The van der Waals surface area contributed by atoms with Crippen molar-refractivity contribution in [1.29, 1.82) is 0 Å². The van der Waals surface area contributed by atoms with E-state index in [4.69, 9.17) is 4.74 Å². The third kappa shape index (κ3) is 3.34. The van der Waals surface area contributed by atoms with Gasteiger partial charge in [0.05, 0.1) is 13.7 Å². The summed E-state index contributed by atoms with van der Waals surface area (Å²) >= 11 is 0. The number of nitrogens with zero attached hydrogens (tertiary/aromatic N) is 6. The van der Waals surface area contributed by atoms with Crippen molar-refractivity contribution in [3.63, 3.8) is 0 Å². The molecule has 9 heteroatoms. The molecular formula is C14H15N7O2. The van der Waals surface area contributed by atoms with Gasteiger partial charge in [-0.15, -0.1) is 14.8 Å². The molecule has 1 aromatic carbocycles. The monoisotopic (exact) mass is 313 g/mol. The lowest BCUT2D eigenvalue weighted by atomic mass is 10.3. The Morgan fingerprint density at radius 3 is 3.04 bits per heavy atom. The van der Waals surface area contributed by atoms with Gasteiger partial charge in [-0.25, -0.2) is 0 Å². The predicted octanol–water partition coefficient (Wildman–Crippen LogP) is 0.603. The Morgan fingerprint density at radius 1 is 1.35 bits per heavy atom. The second kappa shape index (κ2) is 6.26. The number of likely N-dealkylation sites (N-methyl/N-ethyl adjacent to an activating group) is 1. The lowest BCUT2D eigenvalue weighted by Gasteiger charge is -2.17. The summed E-state index contributed by atoms with van der Waals surface area (Å²) < 4.78 is 6.44. The average molecular weight is 313 g/mol. The topological polar surface area (TPSA) is 97.5 Å². The summed E-state index contributed by atoms with van der Waals surface area (Å²) in [6, 6.07) is 10.7. The highest BCUT2D eigenvalue weighted by molar-refractivity contribution is 5.94. The Morgan fingerprint density at radius 2 is 2.22 bits per heavy atom. The molecule has 0 atom stereocenters. The number of hydrogen-bond acceptors (Lipinski definition) is 7. The average Bonchev–Trinajstić information content (AvgIpc) is 3.02. The molecular weight excluding hydrogens is 298 g/mol. The van der Waals surface area contributed by atoms with Crippen LogP contribution in [-0.4, -0.2) is 51.9 Å². The molecule has 2 heterocycles. The fourth-order valence-corrected chi connectivity index (χ4v) is 2.04. The lowest BCUT2D eigenvalue weighted by molar-refractivity contribution is -0.114. The maximum Gasteiger partial charge on any atom is 0.243 e. The minimum atomic E-state index is -0.167. The van der Waals surface area contributed by atoms with Crippen molar-refractivity contribution in [1.82, 2.24) is 25.3 Å². The van der Waals surface area contributed by atoms with Crippen molar-refractivity contribution in [2.45, 2.75) is 0 Å². The van der Waals surface area contributed by atoms with Gasteiger partial charge in [0.1, 0.15) is 5.75 Å².